The van der Waals surface area contributed by atoms with Crippen LogP contribution in [-0.2, 0) is 0 Å². The highest BCUT2D eigenvalue weighted by Gasteiger charge is 2.34. The molecule has 3 aliphatic rings. The van der Waals surface area contributed by atoms with Crippen LogP contribution in [0.5, 0.6) is 0 Å². The maximum Gasteiger partial charge on any atom is 0.242 e. The number of halogens is 1. The van der Waals surface area contributed by atoms with E-state index in [1.54, 1.807) is 4.90 Å². The van der Waals surface area contributed by atoms with Crippen LogP contribution in [0.25, 0.3) is 43.4 Å². The molecule has 45 heavy (non-hydrogen) atoms. The molecule has 0 amide bonds. The molecule has 4 heterocycles. The first-order valence-corrected chi connectivity index (χ1v) is 15.0. The van der Waals surface area contributed by atoms with Crippen molar-refractivity contribution in [2.75, 3.05) is 0 Å². The number of hydrogen-bond donors (Lipinski definition) is 0. The zero-order valence-electron chi connectivity index (χ0n) is 25.2. The Morgan fingerprint density at radius 1 is 0.533 bits per heavy atom. The molecular formula is C38H27FN6. The number of hydrogen-bond acceptors (Lipinski definition) is 5. The van der Waals surface area contributed by atoms with Gasteiger partial charge in [-0.15, -0.1) is 0 Å². The van der Waals surface area contributed by atoms with Gasteiger partial charge in [0.1, 0.15) is 17.5 Å². The molecule has 0 radical (unpaired) electrons. The van der Waals surface area contributed by atoms with E-state index in [0.29, 0.717) is 29.4 Å². The maximum absolute atomic E-state index is 15.2. The second-order valence-electron chi connectivity index (χ2n) is 12.2. The highest BCUT2D eigenvalue weighted by atomic mass is 19.1. The van der Waals surface area contributed by atoms with Crippen molar-refractivity contribution in [3.63, 3.8) is 0 Å². The van der Waals surface area contributed by atoms with Crippen LogP contribution in [0.3, 0.4) is 0 Å². The Hall–Kier alpha value is -5.69. The van der Waals surface area contributed by atoms with Gasteiger partial charge in [-0.25, -0.2) is 14.3 Å². The first-order valence-electron chi connectivity index (χ1n) is 15.0. The lowest BCUT2D eigenvalue weighted by Gasteiger charge is -2.32. The van der Waals surface area contributed by atoms with Crippen molar-refractivity contribution in [3.8, 4) is 0 Å². The molecule has 7 heteroatoms. The van der Waals surface area contributed by atoms with Crippen molar-refractivity contribution in [3.05, 3.63) is 130 Å². The number of amidine groups is 2. The number of aliphatic imine (C=N–C) groups is 4. The molecule has 0 saturated heterocycles. The summed E-state index contributed by atoms with van der Waals surface area (Å²) in [5.41, 5.74) is 7.53. The number of benzene rings is 5. The number of aromatic nitrogens is 1. The molecule has 0 spiro atoms. The zero-order chi connectivity index (χ0) is 30.6. The summed E-state index contributed by atoms with van der Waals surface area (Å²) < 4.78 is 17.2. The smallest absolute Gasteiger partial charge is 0.242 e. The lowest BCUT2D eigenvalue weighted by atomic mass is 9.94. The van der Waals surface area contributed by atoms with Gasteiger partial charge in [0.25, 0.3) is 0 Å². The molecule has 6 aromatic rings. The van der Waals surface area contributed by atoms with Crippen LogP contribution in [0.4, 0.5) is 4.39 Å². The van der Waals surface area contributed by atoms with Crippen LogP contribution in [0.1, 0.15) is 27.8 Å². The van der Waals surface area contributed by atoms with Gasteiger partial charge >= 0.3 is 0 Å². The first kappa shape index (κ1) is 25.8. The van der Waals surface area contributed by atoms with E-state index in [9.17, 15) is 0 Å². The van der Waals surface area contributed by atoms with Gasteiger partial charge in [-0.1, -0.05) is 70.8 Å². The van der Waals surface area contributed by atoms with E-state index in [0.717, 1.165) is 43.5 Å². The number of allylic oxidation sites excluding steroid dienone is 2. The Bertz CT molecular complexity index is 2480. The molecule has 0 N–H and O–H groups in total. The molecule has 0 unspecified atom stereocenters. The predicted octanol–water partition coefficient (Wildman–Crippen LogP) is 8.78. The number of fused-ring (bicyclic) bond motifs is 6. The van der Waals surface area contributed by atoms with E-state index in [1.807, 2.05) is 4.57 Å². The molecular weight excluding hydrogens is 559 g/mol. The van der Waals surface area contributed by atoms with Gasteiger partial charge in [-0.2, -0.15) is 15.0 Å². The summed E-state index contributed by atoms with van der Waals surface area (Å²) in [5, 5.41) is 6.67. The van der Waals surface area contributed by atoms with Crippen LogP contribution >= 0.6 is 0 Å². The Balaban J connectivity index is 1.30. The summed E-state index contributed by atoms with van der Waals surface area (Å²) in [7, 11) is 0. The summed E-state index contributed by atoms with van der Waals surface area (Å²) in [4.78, 5) is 21.6. The van der Waals surface area contributed by atoms with Crippen LogP contribution in [0.2, 0.25) is 0 Å². The number of aryl methyl sites for hydroxylation is 4. The van der Waals surface area contributed by atoms with Gasteiger partial charge in [-0.05, 0) is 79.6 Å². The van der Waals surface area contributed by atoms with Crippen molar-refractivity contribution >= 4 is 66.9 Å². The summed E-state index contributed by atoms with van der Waals surface area (Å²) >= 11 is 0. The quantitative estimate of drug-likeness (QED) is 0.178. The summed E-state index contributed by atoms with van der Waals surface area (Å²) in [6, 6.07) is 27.8. The standard InChI is InChI=1S/C38H27FN6/c1-20-5-9-24-17-31(26-10-6-21(2)14-28(26)27(24)13-20)36-40-34-18-25(39)19-35-41-37(43-38(42-36)45(34)35)44-32-11-7-22(3)15-29(32)30-16-23(4)8-12-33(30)44/h5-19H,1-4H3. The minimum absolute atomic E-state index is 0.389. The third kappa shape index (κ3) is 3.87. The molecule has 6 nitrogen and oxygen atoms in total. The fourth-order valence-electron chi connectivity index (χ4n) is 6.72. The van der Waals surface area contributed by atoms with Crippen LogP contribution in [0.15, 0.2) is 123 Å². The Kier molecular flexibility index (Phi) is 5.25. The topological polar surface area (TPSA) is 57.6 Å². The van der Waals surface area contributed by atoms with Gasteiger partial charge in [0.05, 0.1) is 11.0 Å². The third-order valence-electron chi connectivity index (χ3n) is 8.81. The van der Waals surface area contributed by atoms with Crippen molar-refractivity contribution in [1.29, 1.82) is 0 Å². The van der Waals surface area contributed by atoms with Gasteiger partial charge in [0, 0.05) is 28.5 Å². The fraction of sp³-hybridized carbons (Fsp3) is 0.105. The molecule has 0 bridgehead atoms. The molecule has 5 aromatic carbocycles. The average molecular weight is 587 g/mol. The Labute approximate surface area is 258 Å². The number of guanidine groups is 1. The van der Waals surface area contributed by atoms with Gasteiger partial charge in [0.15, 0.2) is 5.84 Å². The normalized spacial score (nSPS) is 16.0. The number of nitrogens with zero attached hydrogens (tertiary/aromatic N) is 6. The van der Waals surface area contributed by atoms with Crippen molar-refractivity contribution in [1.82, 2.24) is 9.47 Å². The highest BCUT2D eigenvalue weighted by molar-refractivity contribution is 6.27. The predicted molar refractivity (Wildman–Crippen MR) is 183 cm³/mol. The van der Waals surface area contributed by atoms with Gasteiger partial charge in [-0.3, -0.25) is 4.57 Å². The van der Waals surface area contributed by atoms with E-state index in [-0.39, 0.29) is 0 Å². The first-order chi connectivity index (χ1) is 21.8. The summed E-state index contributed by atoms with van der Waals surface area (Å²) in [5.74, 6) is 1.67. The Morgan fingerprint density at radius 3 is 1.87 bits per heavy atom. The highest BCUT2D eigenvalue weighted by Crippen LogP contribution is 2.35. The van der Waals surface area contributed by atoms with Crippen molar-refractivity contribution in [2.45, 2.75) is 27.7 Å². The molecule has 9 rings (SSSR count). The zero-order valence-corrected chi connectivity index (χ0v) is 25.2. The minimum atomic E-state index is -0.423. The molecule has 216 valence electrons. The second-order valence-corrected chi connectivity index (χ2v) is 12.2. The molecule has 0 atom stereocenters. The summed E-state index contributed by atoms with van der Waals surface area (Å²) in [6.07, 6.45) is 2.82. The monoisotopic (exact) mass is 586 g/mol. The lowest BCUT2D eigenvalue weighted by molar-refractivity contribution is 0.631. The molecule has 0 saturated carbocycles. The molecule has 0 fully saturated rings. The van der Waals surface area contributed by atoms with Crippen molar-refractivity contribution < 1.29 is 4.39 Å². The van der Waals surface area contributed by atoms with E-state index in [2.05, 4.69) is 107 Å². The maximum atomic E-state index is 15.2. The van der Waals surface area contributed by atoms with Crippen molar-refractivity contribution in [2.24, 2.45) is 20.0 Å². The van der Waals surface area contributed by atoms with Gasteiger partial charge in [0.2, 0.25) is 11.9 Å². The van der Waals surface area contributed by atoms with Crippen LogP contribution < -0.4 is 0 Å². The molecule has 0 aliphatic carbocycles. The minimum Gasteiger partial charge on any atom is -0.278 e. The average Bonchev–Trinajstić information content (AvgIpc) is 3.32. The third-order valence-corrected chi connectivity index (χ3v) is 8.81. The van der Waals surface area contributed by atoms with Gasteiger partial charge < -0.3 is 0 Å². The molecule has 3 aliphatic heterocycles. The number of rotatable bonds is 1. The van der Waals surface area contributed by atoms with Crippen LogP contribution in [-0.4, -0.2) is 33.1 Å². The SMILES string of the molecule is Cc1ccc2cc(C3=NC4=CC(F)=CC5=NC(n6c7ccc(C)cc7c7cc(C)ccc76)=NC(=N3)N45)c3ccc(C)cc3c2c1. The lowest BCUT2D eigenvalue weighted by Crippen LogP contribution is -2.42. The second kappa shape index (κ2) is 9.16. The summed E-state index contributed by atoms with van der Waals surface area (Å²) in [6.45, 7) is 8.39. The van der Waals surface area contributed by atoms with Crippen LogP contribution in [0, 0.1) is 27.7 Å². The fourth-order valence-corrected chi connectivity index (χ4v) is 6.72. The molecule has 1 aromatic heterocycles. The Morgan fingerprint density at radius 2 is 1.16 bits per heavy atom. The van der Waals surface area contributed by atoms with E-state index in [4.69, 9.17) is 20.0 Å². The van der Waals surface area contributed by atoms with E-state index in [1.165, 1.54) is 39.8 Å². The van der Waals surface area contributed by atoms with E-state index >= 15 is 4.39 Å². The largest absolute Gasteiger partial charge is 0.278 e. The van der Waals surface area contributed by atoms with E-state index < -0.39 is 5.83 Å².